The fourth-order valence-electron chi connectivity index (χ4n) is 3.91. The Bertz CT molecular complexity index is 354. The van der Waals surface area contributed by atoms with Crippen molar-refractivity contribution in [2.24, 2.45) is 5.92 Å². The van der Waals surface area contributed by atoms with Crippen molar-refractivity contribution in [3.63, 3.8) is 0 Å². The van der Waals surface area contributed by atoms with Crippen molar-refractivity contribution in [2.75, 3.05) is 26.2 Å². The molecule has 0 N–H and O–H groups in total. The van der Waals surface area contributed by atoms with E-state index >= 15 is 0 Å². The molecular formula is C19H36N2O2. The van der Waals surface area contributed by atoms with E-state index in [0.717, 1.165) is 44.9 Å². The van der Waals surface area contributed by atoms with Crippen LogP contribution in [0, 0.1) is 5.92 Å². The van der Waals surface area contributed by atoms with Crippen LogP contribution in [-0.2, 0) is 9.53 Å². The quantitative estimate of drug-likeness (QED) is 0.751. The summed E-state index contributed by atoms with van der Waals surface area (Å²) >= 11 is 0. The molecule has 134 valence electrons. The first-order chi connectivity index (χ1) is 11.0. The van der Waals surface area contributed by atoms with Crippen LogP contribution in [0.5, 0.6) is 0 Å². The predicted molar refractivity (Wildman–Crippen MR) is 94.5 cm³/mol. The van der Waals surface area contributed by atoms with Gasteiger partial charge in [0.05, 0.1) is 12.2 Å². The van der Waals surface area contributed by atoms with E-state index in [4.69, 9.17) is 4.74 Å². The SMILES string of the molecule is CC(C)O[C@H]1CC[C@H](CCC(=O)N2CCN(C(C)C)CC2)CC1. The van der Waals surface area contributed by atoms with Gasteiger partial charge in [-0.1, -0.05) is 0 Å². The Morgan fingerprint density at radius 3 is 2.13 bits per heavy atom. The zero-order chi connectivity index (χ0) is 16.8. The molecule has 2 rings (SSSR count). The number of carbonyl (C=O) groups excluding carboxylic acids is 1. The summed E-state index contributed by atoms with van der Waals surface area (Å²) in [5, 5.41) is 0. The maximum atomic E-state index is 12.4. The molecule has 0 radical (unpaired) electrons. The fourth-order valence-corrected chi connectivity index (χ4v) is 3.91. The van der Waals surface area contributed by atoms with Crippen LogP contribution in [0.4, 0.5) is 0 Å². The van der Waals surface area contributed by atoms with Crippen LogP contribution in [0.25, 0.3) is 0 Å². The molecule has 1 amide bonds. The predicted octanol–water partition coefficient (Wildman–Crippen LogP) is 3.30. The van der Waals surface area contributed by atoms with Gasteiger partial charge >= 0.3 is 0 Å². The summed E-state index contributed by atoms with van der Waals surface area (Å²) in [6, 6.07) is 0.593. The number of hydrogen-bond donors (Lipinski definition) is 0. The Balaban J connectivity index is 1.62. The fraction of sp³-hybridized carbons (Fsp3) is 0.947. The highest BCUT2D eigenvalue weighted by Gasteiger charge is 2.25. The van der Waals surface area contributed by atoms with Gasteiger partial charge in [0.1, 0.15) is 0 Å². The summed E-state index contributed by atoms with van der Waals surface area (Å²) < 4.78 is 5.91. The molecule has 0 aromatic heterocycles. The van der Waals surface area contributed by atoms with Gasteiger partial charge in [0.15, 0.2) is 0 Å². The van der Waals surface area contributed by atoms with Crippen molar-refractivity contribution >= 4 is 5.91 Å². The molecule has 4 heteroatoms. The van der Waals surface area contributed by atoms with Crippen molar-refractivity contribution in [3.8, 4) is 0 Å². The highest BCUT2D eigenvalue weighted by atomic mass is 16.5. The summed E-state index contributed by atoms with van der Waals surface area (Å²) in [6.07, 6.45) is 7.39. The molecule has 1 saturated heterocycles. The number of ether oxygens (including phenoxy) is 1. The maximum absolute atomic E-state index is 12.4. The van der Waals surface area contributed by atoms with Crippen LogP contribution in [0.3, 0.4) is 0 Å². The average Bonchev–Trinajstić information content (AvgIpc) is 2.53. The molecule has 0 spiro atoms. The number of carbonyl (C=O) groups is 1. The summed E-state index contributed by atoms with van der Waals surface area (Å²) in [5.74, 6) is 1.09. The van der Waals surface area contributed by atoms with Crippen LogP contribution in [0.1, 0.15) is 66.2 Å². The largest absolute Gasteiger partial charge is 0.376 e. The third kappa shape index (κ3) is 6.07. The van der Waals surface area contributed by atoms with Gasteiger partial charge in [0.25, 0.3) is 0 Å². The third-order valence-corrected chi connectivity index (χ3v) is 5.42. The molecule has 23 heavy (non-hydrogen) atoms. The minimum absolute atomic E-state index is 0.336. The van der Waals surface area contributed by atoms with E-state index in [0.29, 0.717) is 24.2 Å². The molecule has 1 saturated carbocycles. The molecule has 2 aliphatic rings. The number of amides is 1. The second-order valence-corrected chi connectivity index (χ2v) is 7.88. The van der Waals surface area contributed by atoms with Gasteiger partial charge in [-0.2, -0.15) is 0 Å². The number of rotatable bonds is 6. The molecule has 0 aromatic rings. The lowest BCUT2D eigenvalue weighted by Crippen LogP contribution is -2.50. The first-order valence-corrected chi connectivity index (χ1v) is 9.63. The van der Waals surface area contributed by atoms with Crippen LogP contribution in [0.15, 0.2) is 0 Å². The van der Waals surface area contributed by atoms with Crippen molar-refractivity contribution in [1.29, 1.82) is 0 Å². The number of piperazine rings is 1. The van der Waals surface area contributed by atoms with Gasteiger partial charge in [0, 0.05) is 38.6 Å². The number of hydrogen-bond acceptors (Lipinski definition) is 3. The number of nitrogens with zero attached hydrogens (tertiary/aromatic N) is 2. The monoisotopic (exact) mass is 324 g/mol. The van der Waals surface area contributed by atoms with E-state index in [-0.39, 0.29) is 0 Å². The zero-order valence-corrected chi connectivity index (χ0v) is 15.6. The Labute approximate surface area is 142 Å². The molecular weight excluding hydrogens is 288 g/mol. The molecule has 0 bridgehead atoms. The topological polar surface area (TPSA) is 32.8 Å². The van der Waals surface area contributed by atoms with Gasteiger partial charge in [-0.25, -0.2) is 0 Å². The van der Waals surface area contributed by atoms with Crippen LogP contribution < -0.4 is 0 Å². The van der Waals surface area contributed by atoms with E-state index in [1.807, 2.05) is 0 Å². The lowest BCUT2D eigenvalue weighted by Gasteiger charge is -2.37. The van der Waals surface area contributed by atoms with E-state index in [1.54, 1.807) is 0 Å². The average molecular weight is 325 g/mol. The van der Waals surface area contributed by atoms with Gasteiger partial charge in [0.2, 0.25) is 5.91 Å². The molecule has 2 fully saturated rings. The van der Waals surface area contributed by atoms with Crippen molar-refractivity contribution in [3.05, 3.63) is 0 Å². The summed E-state index contributed by atoms with van der Waals surface area (Å²) in [4.78, 5) is 16.9. The second-order valence-electron chi connectivity index (χ2n) is 7.88. The molecule has 0 aromatic carbocycles. The van der Waals surface area contributed by atoms with Gasteiger partial charge < -0.3 is 9.64 Å². The van der Waals surface area contributed by atoms with Crippen LogP contribution in [0.2, 0.25) is 0 Å². The normalized spacial score (nSPS) is 27.0. The summed E-state index contributed by atoms with van der Waals surface area (Å²) in [5.41, 5.74) is 0. The Morgan fingerprint density at radius 1 is 1.00 bits per heavy atom. The lowest BCUT2D eigenvalue weighted by molar-refractivity contribution is -0.133. The molecule has 4 nitrogen and oxygen atoms in total. The molecule has 1 aliphatic carbocycles. The van der Waals surface area contributed by atoms with Crippen molar-refractivity contribution < 1.29 is 9.53 Å². The Kier molecular flexibility index (Phi) is 7.35. The Hall–Kier alpha value is -0.610. The van der Waals surface area contributed by atoms with Gasteiger partial charge in [-0.05, 0) is 65.7 Å². The maximum Gasteiger partial charge on any atom is 0.222 e. The van der Waals surface area contributed by atoms with Gasteiger partial charge in [-0.15, -0.1) is 0 Å². The standard InChI is InChI=1S/C19H36N2O2/c1-15(2)20-11-13-21(14-12-20)19(22)10-7-17-5-8-18(9-6-17)23-16(3)4/h15-18H,5-14H2,1-4H3/t17-,18-. The van der Waals surface area contributed by atoms with E-state index in [1.165, 1.54) is 25.7 Å². The van der Waals surface area contributed by atoms with Crippen LogP contribution >= 0.6 is 0 Å². The summed E-state index contributed by atoms with van der Waals surface area (Å²) in [7, 11) is 0. The lowest BCUT2D eigenvalue weighted by atomic mass is 9.84. The molecule has 1 aliphatic heterocycles. The second kappa shape index (κ2) is 9.03. The highest BCUT2D eigenvalue weighted by Crippen LogP contribution is 2.30. The van der Waals surface area contributed by atoms with Crippen LogP contribution in [-0.4, -0.2) is 60.1 Å². The van der Waals surface area contributed by atoms with Crippen molar-refractivity contribution in [2.45, 2.75) is 84.5 Å². The molecule has 1 heterocycles. The minimum atomic E-state index is 0.336. The molecule has 0 atom stereocenters. The highest BCUT2D eigenvalue weighted by molar-refractivity contribution is 5.76. The summed E-state index contributed by atoms with van der Waals surface area (Å²) in [6.45, 7) is 12.6. The smallest absolute Gasteiger partial charge is 0.222 e. The molecule has 0 unspecified atom stereocenters. The van der Waals surface area contributed by atoms with Crippen molar-refractivity contribution in [1.82, 2.24) is 9.80 Å². The zero-order valence-electron chi connectivity index (χ0n) is 15.6. The first-order valence-electron chi connectivity index (χ1n) is 9.63. The van der Waals surface area contributed by atoms with E-state index in [9.17, 15) is 4.79 Å². The third-order valence-electron chi connectivity index (χ3n) is 5.42. The van der Waals surface area contributed by atoms with Gasteiger partial charge in [-0.3, -0.25) is 9.69 Å². The van der Waals surface area contributed by atoms with E-state index < -0.39 is 0 Å². The van der Waals surface area contributed by atoms with E-state index in [2.05, 4.69) is 37.5 Å². The Morgan fingerprint density at radius 2 is 1.61 bits per heavy atom. The minimum Gasteiger partial charge on any atom is -0.376 e. The first kappa shape index (κ1) is 18.7.